The molecule has 0 aliphatic rings. The number of rotatable bonds is 7. The molecule has 0 aromatic heterocycles. The lowest BCUT2D eigenvalue weighted by Gasteiger charge is -2.08. The van der Waals surface area contributed by atoms with Crippen molar-refractivity contribution in [1.82, 2.24) is 5.32 Å². The number of hydrogen-bond donors (Lipinski definition) is 3. The summed E-state index contributed by atoms with van der Waals surface area (Å²) in [6, 6.07) is 5.93. The maximum atomic E-state index is 11.7. The molecule has 6 nitrogen and oxygen atoms in total. The maximum absolute atomic E-state index is 11.7. The first kappa shape index (κ1) is 16.7. The fourth-order valence-corrected chi connectivity index (χ4v) is 1.62. The first-order valence-electron chi connectivity index (χ1n) is 6.78. The van der Waals surface area contributed by atoms with E-state index < -0.39 is 11.9 Å². The number of hydrogen-bond acceptors (Lipinski definition) is 3. The number of carbonyl (C=O) groups is 3. The monoisotopic (exact) mass is 292 g/mol. The Balaban J connectivity index is 2.42. The van der Waals surface area contributed by atoms with Crippen molar-refractivity contribution >= 4 is 23.5 Å². The van der Waals surface area contributed by atoms with Crippen LogP contribution in [0.4, 0.5) is 5.69 Å². The standard InChI is InChI=1S/C15H20N2O4/c1-10(2)6-7-13(18)16-9-14(19)17-12-5-3-4-11(8-12)15(20)21/h3-5,8,10H,6-7,9H2,1-2H3,(H,16,18)(H,17,19)(H,20,21). The number of amides is 2. The van der Waals surface area contributed by atoms with Crippen LogP contribution in [0.25, 0.3) is 0 Å². The second-order valence-corrected chi connectivity index (χ2v) is 5.14. The van der Waals surface area contributed by atoms with E-state index in [9.17, 15) is 14.4 Å². The van der Waals surface area contributed by atoms with Gasteiger partial charge in [-0.15, -0.1) is 0 Å². The molecule has 0 saturated heterocycles. The molecule has 2 amide bonds. The molecule has 0 spiro atoms. The van der Waals surface area contributed by atoms with Gasteiger partial charge in [-0.05, 0) is 30.5 Å². The average molecular weight is 292 g/mol. The molecule has 1 aromatic carbocycles. The van der Waals surface area contributed by atoms with E-state index in [-0.39, 0.29) is 18.0 Å². The van der Waals surface area contributed by atoms with Gasteiger partial charge in [0.15, 0.2) is 0 Å². The first-order chi connectivity index (χ1) is 9.88. The normalized spacial score (nSPS) is 10.2. The topological polar surface area (TPSA) is 95.5 Å². The summed E-state index contributed by atoms with van der Waals surface area (Å²) in [6.07, 6.45) is 1.16. The van der Waals surface area contributed by atoms with Crippen molar-refractivity contribution in [2.45, 2.75) is 26.7 Å². The molecule has 1 aromatic rings. The van der Waals surface area contributed by atoms with Crippen LogP contribution < -0.4 is 10.6 Å². The van der Waals surface area contributed by atoms with Crippen LogP contribution in [0.1, 0.15) is 37.0 Å². The van der Waals surface area contributed by atoms with Gasteiger partial charge in [-0.3, -0.25) is 9.59 Å². The summed E-state index contributed by atoms with van der Waals surface area (Å²) in [7, 11) is 0. The van der Waals surface area contributed by atoms with Crippen LogP contribution in [0.3, 0.4) is 0 Å². The quantitative estimate of drug-likeness (QED) is 0.715. The summed E-state index contributed by atoms with van der Waals surface area (Å²) < 4.78 is 0. The number of carboxylic acid groups (broad SMARTS) is 1. The molecule has 0 unspecified atom stereocenters. The summed E-state index contributed by atoms with van der Waals surface area (Å²) in [4.78, 5) is 34.0. The van der Waals surface area contributed by atoms with Crippen LogP contribution in [0.5, 0.6) is 0 Å². The smallest absolute Gasteiger partial charge is 0.335 e. The highest BCUT2D eigenvalue weighted by atomic mass is 16.4. The van der Waals surface area contributed by atoms with E-state index in [1.165, 1.54) is 12.1 Å². The Hall–Kier alpha value is -2.37. The van der Waals surface area contributed by atoms with Crippen LogP contribution in [0, 0.1) is 5.92 Å². The molecule has 0 aliphatic carbocycles. The van der Waals surface area contributed by atoms with Crippen molar-refractivity contribution in [1.29, 1.82) is 0 Å². The highest BCUT2D eigenvalue weighted by molar-refractivity contribution is 5.96. The second-order valence-electron chi connectivity index (χ2n) is 5.14. The van der Waals surface area contributed by atoms with Gasteiger partial charge in [0.25, 0.3) is 0 Å². The van der Waals surface area contributed by atoms with Gasteiger partial charge in [-0.2, -0.15) is 0 Å². The minimum Gasteiger partial charge on any atom is -0.478 e. The summed E-state index contributed by atoms with van der Waals surface area (Å²) in [6.45, 7) is 3.92. The third-order valence-corrected chi connectivity index (χ3v) is 2.79. The van der Waals surface area contributed by atoms with Crippen LogP contribution in [-0.2, 0) is 9.59 Å². The van der Waals surface area contributed by atoms with Gasteiger partial charge in [0.1, 0.15) is 0 Å². The molecule has 0 radical (unpaired) electrons. The summed E-state index contributed by atoms with van der Waals surface area (Å²) in [5, 5.41) is 13.9. The molecule has 21 heavy (non-hydrogen) atoms. The van der Waals surface area contributed by atoms with E-state index in [2.05, 4.69) is 10.6 Å². The van der Waals surface area contributed by atoms with E-state index in [0.29, 0.717) is 18.0 Å². The molecule has 0 atom stereocenters. The minimum atomic E-state index is -1.06. The Morgan fingerprint density at radius 2 is 1.90 bits per heavy atom. The van der Waals surface area contributed by atoms with Crippen LogP contribution in [0.15, 0.2) is 24.3 Å². The summed E-state index contributed by atoms with van der Waals surface area (Å²) in [5.74, 6) is -1.19. The zero-order chi connectivity index (χ0) is 15.8. The Morgan fingerprint density at radius 1 is 1.19 bits per heavy atom. The molecule has 0 saturated carbocycles. The third-order valence-electron chi connectivity index (χ3n) is 2.79. The molecule has 0 fully saturated rings. The first-order valence-corrected chi connectivity index (χ1v) is 6.78. The molecule has 0 bridgehead atoms. The van der Waals surface area contributed by atoms with Crippen molar-refractivity contribution < 1.29 is 19.5 Å². The van der Waals surface area contributed by atoms with Gasteiger partial charge in [0.05, 0.1) is 12.1 Å². The van der Waals surface area contributed by atoms with Gasteiger partial charge in [-0.1, -0.05) is 19.9 Å². The number of benzene rings is 1. The number of aromatic carboxylic acids is 1. The summed E-state index contributed by atoms with van der Waals surface area (Å²) in [5.41, 5.74) is 0.477. The molecule has 1 rings (SSSR count). The number of nitrogens with one attached hydrogen (secondary N) is 2. The zero-order valence-corrected chi connectivity index (χ0v) is 12.2. The molecular formula is C15H20N2O4. The van der Waals surface area contributed by atoms with Gasteiger partial charge >= 0.3 is 5.97 Å². The molecule has 0 heterocycles. The maximum Gasteiger partial charge on any atom is 0.335 e. The van der Waals surface area contributed by atoms with E-state index in [1.54, 1.807) is 12.1 Å². The Bertz CT molecular complexity index is 526. The fourth-order valence-electron chi connectivity index (χ4n) is 1.62. The van der Waals surface area contributed by atoms with Gasteiger partial charge in [0.2, 0.25) is 11.8 Å². The predicted molar refractivity (Wildman–Crippen MR) is 79.1 cm³/mol. The van der Waals surface area contributed by atoms with Crippen molar-refractivity contribution in [3.8, 4) is 0 Å². The van der Waals surface area contributed by atoms with E-state index in [0.717, 1.165) is 6.42 Å². The van der Waals surface area contributed by atoms with Crippen molar-refractivity contribution in [3.63, 3.8) is 0 Å². The lowest BCUT2D eigenvalue weighted by atomic mass is 10.1. The molecular weight excluding hydrogens is 272 g/mol. The average Bonchev–Trinajstić information content (AvgIpc) is 2.43. The highest BCUT2D eigenvalue weighted by Gasteiger charge is 2.08. The zero-order valence-electron chi connectivity index (χ0n) is 12.2. The Kier molecular flexibility index (Phi) is 6.39. The number of carbonyl (C=O) groups excluding carboxylic acids is 2. The largest absolute Gasteiger partial charge is 0.478 e. The second kappa shape index (κ2) is 8.04. The molecule has 0 aliphatic heterocycles. The lowest BCUT2D eigenvalue weighted by Crippen LogP contribution is -2.32. The van der Waals surface area contributed by atoms with Gasteiger partial charge in [0, 0.05) is 12.1 Å². The van der Waals surface area contributed by atoms with E-state index in [4.69, 9.17) is 5.11 Å². The predicted octanol–water partition coefficient (Wildman–Crippen LogP) is 1.88. The van der Waals surface area contributed by atoms with Crippen LogP contribution in [-0.4, -0.2) is 29.4 Å². The van der Waals surface area contributed by atoms with Crippen molar-refractivity contribution in [2.75, 3.05) is 11.9 Å². The number of carboxylic acids is 1. The fraction of sp³-hybridized carbons (Fsp3) is 0.400. The van der Waals surface area contributed by atoms with E-state index >= 15 is 0 Å². The van der Waals surface area contributed by atoms with Gasteiger partial charge in [-0.25, -0.2) is 4.79 Å². The molecule has 3 N–H and O–H groups in total. The molecule has 6 heteroatoms. The van der Waals surface area contributed by atoms with E-state index in [1.807, 2.05) is 13.8 Å². The SMILES string of the molecule is CC(C)CCC(=O)NCC(=O)Nc1cccc(C(=O)O)c1. The molecule has 114 valence electrons. The van der Waals surface area contributed by atoms with Crippen LogP contribution in [0.2, 0.25) is 0 Å². The Morgan fingerprint density at radius 3 is 2.52 bits per heavy atom. The highest BCUT2D eigenvalue weighted by Crippen LogP contribution is 2.10. The Labute approximate surface area is 123 Å². The van der Waals surface area contributed by atoms with Crippen molar-refractivity contribution in [3.05, 3.63) is 29.8 Å². The number of anilines is 1. The van der Waals surface area contributed by atoms with Crippen LogP contribution >= 0.6 is 0 Å². The lowest BCUT2D eigenvalue weighted by molar-refractivity contribution is -0.124. The summed E-state index contributed by atoms with van der Waals surface area (Å²) >= 11 is 0. The third kappa shape index (κ3) is 6.56. The van der Waals surface area contributed by atoms with Crippen molar-refractivity contribution in [2.24, 2.45) is 5.92 Å². The minimum absolute atomic E-state index is 0.0915. The van der Waals surface area contributed by atoms with Gasteiger partial charge < -0.3 is 15.7 Å².